The number of anilines is 2. The first kappa shape index (κ1) is 18.8. The third kappa shape index (κ3) is 3.76. The van der Waals surface area contributed by atoms with Gasteiger partial charge in [-0.05, 0) is 55.0 Å². The van der Waals surface area contributed by atoms with Crippen molar-refractivity contribution in [2.75, 3.05) is 30.4 Å². The van der Waals surface area contributed by atoms with E-state index in [1.54, 1.807) is 50.4 Å². The van der Waals surface area contributed by atoms with Gasteiger partial charge in [0, 0.05) is 26.7 Å². The van der Waals surface area contributed by atoms with Gasteiger partial charge < -0.3 is 9.64 Å². The Kier molecular flexibility index (Phi) is 5.37. The van der Waals surface area contributed by atoms with Crippen molar-refractivity contribution >= 4 is 27.3 Å². The van der Waals surface area contributed by atoms with Crippen LogP contribution in [0.2, 0.25) is 0 Å². The number of nitrogens with zero attached hydrogens (tertiary/aromatic N) is 2. The molecule has 0 saturated heterocycles. The molecule has 6 nitrogen and oxygen atoms in total. The predicted molar refractivity (Wildman–Crippen MR) is 98.8 cm³/mol. The molecule has 0 aliphatic heterocycles. The highest BCUT2D eigenvalue weighted by Crippen LogP contribution is 2.28. The molecule has 2 aromatic rings. The molecule has 2 rings (SSSR count). The molecule has 2 aromatic carbocycles. The van der Waals surface area contributed by atoms with Crippen molar-refractivity contribution < 1.29 is 17.9 Å². The third-order valence-corrected chi connectivity index (χ3v) is 6.04. The maximum absolute atomic E-state index is 12.9. The van der Waals surface area contributed by atoms with E-state index in [4.69, 9.17) is 4.74 Å². The molecule has 7 heteroatoms. The number of carbonyl (C=O) groups is 1. The van der Waals surface area contributed by atoms with Gasteiger partial charge in [0.15, 0.2) is 0 Å². The highest BCUT2D eigenvalue weighted by molar-refractivity contribution is 7.92. The van der Waals surface area contributed by atoms with E-state index in [2.05, 4.69) is 0 Å². The molecule has 25 heavy (non-hydrogen) atoms. The van der Waals surface area contributed by atoms with E-state index in [-0.39, 0.29) is 10.8 Å². The first-order chi connectivity index (χ1) is 11.7. The smallest absolute Gasteiger partial charge is 0.264 e. The molecule has 0 N–H and O–H groups in total. The maximum atomic E-state index is 12.9. The highest BCUT2D eigenvalue weighted by Gasteiger charge is 2.23. The van der Waals surface area contributed by atoms with Gasteiger partial charge in [-0.25, -0.2) is 8.42 Å². The van der Waals surface area contributed by atoms with E-state index in [1.165, 1.54) is 36.4 Å². The minimum atomic E-state index is -3.70. The van der Waals surface area contributed by atoms with Crippen molar-refractivity contribution in [3.8, 4) is 5.75 Å². The van der Waals surface area contributed by atoms with E-state index < -0.39 is 10.0 Å². The normalized spacial score (nSPS) is 11.1. The Morgan fingerprint density at radius 1 is 1.00 bits per heavy atom. The molecule has 0 radical (unpaired) electrons. The number of benzene rings is 2. The molecule has 0 fully saturated rings. The number of hydrogen-bond acceptors (Lipinski definition) is 4. The fourth-order valence-corrected chi connectivity index (χ4v) is 3.79. The number of rotatable bonds is 5. The number of sulfonamides is 1. The first-order valence-corrected chi connectivity index (χ1v) is 9.10. The molecule has 0 unspecified atom stereocenters. The zero-order valence-electron chi connectivity index (χ0n) is 15.0. The lowest BCUT2D eigenvalue weighted by atomic mass is 10.2. The van der Waals surface area contributed by atoms with Crippen molar-refractivity contribution in [3.63, 3.8) is 0 Å². The Hall–Kier alpha value is -2.54. The van der Waals surface area contributed by atoms with Gasteiger partial charge in [0.25, 0.3) is 10.0 Å². The summed E-state index contributed by atoms with van der Waals surface area (Å²) in [7, 11) is 1.00. The van der Waals surface area contributed by atoms with Crippen LogP contribution in [0.5, 0.6) is 5.75 Å². The van der Waals surface area contributed by atoms with Gasteiger partial charge in [-0.3, -0.25) is 9.10 Å². The van der Waals surface area contributed by atoms with E-state index in [1.807, 2.05) is 0 Å². The topological polar surface area (TPSA) is 66.9 Å². The SMILES string of the molecule is COc1ccc(S(=O)(=O)N(C)c2ccc(N(C)C(C)=O)cc2)c(C)c1. The molecule has 0 aromatic heterocycles. The predicted octanol–water partition coefficient (Wildman–Crippen LogP) is 2.81. The first-order valence-electron chi connectivity index (χ1n) is 7.66. The number of hydrogen-bond donors (Lipinski definition) is 0. The van der Waals surface area contributed by atoms with E-state index >= 15 is 0 Å². The molecule has 1 amide bonds. The average molecular weight is 362 g/mol. The van der Waals surface area contributed by atoms with Gasteiger partial charge in [-0.2, -0.15) is 0 Å². The molecule has 0 spiro atoms. The molecule has 0 bridgehead atoms. The zero-order valence-corrected chi connectivity index (χ0v) is 15.8. The molecule has 0 aliphatic carbocycles. The number of methoxy groups -OCH3 is 1. The Labute approximate surface area is 148 Å². The van der Waals surface area contributed by atoms with Crippen LogP contribution in [-0.4, -0.2) is 35.5 Å². The molecular formula is C18H22N2O4S. The summed E-state index contributed by atoms with van der Waals surface area (Å²) in [4.78, 5) is 13.1. The van der Waals surface area contributed by atoms with Gasteiger partial charge in [0.1, 0.15) is 5.75 Å². The van der Waals surface area contributed by atoms with E-state index in [9.17, 15) is 13.2 Å². The molecule has 0 heterocycles. The average Bonchev–Trinajstić information content (AvgIpc) is 2.60. The Bertz CT molecular complexity index is 876. The van der Waals surface area contributed by atoms with Gasteiger partial charge in [-0.15, -0.1) is 0 Å². The molecule has 0 aliphatic rings. The standard InChI is InChI=1S/C18H22N2O4S/c1-13-12-17(24-5)10-11-18(13)25(22,23)20(4)16-8-6-15(7-9-16)19(3)14(2)21/h6-12H,1-5H3. The van der Waals surface area contributed by atoms with Crippen LogP contribution in [0, 0.1) is 6.92 Å². The van der Waals surface area contributed by atoms with Crippen LogP contribution in [0.25, 0.3) is 0 Å². The number of amides is 1. The van der Waals surface area contributed by atoms with E-state index in [0.29, 0.717) is 22.7 Å². The highest BCUT2D eigenvalue weighted by atomic mass is 32.2. The quantitative estimate of drug-likeness (QED) is 0.820. The minimum absolute atomic E-state index is 0.0948. The fourth-order valence-electron chi connectivity index (χ4n) is 2.39. The van der Waals surface area contributed by atoms with Crippen molar-refractivity contribution in [2.45, 2.75) is 18.7 Å². The van der Waals surface area contributed by atoms with Crippen molar-refractivity contribution in [1.29, 1.82) is 0 Å². The zero-order chi connectivity index (χ0) is 18.8. The lowest BCUT2D eigenvalue weighted by Crippen LogP contribution is -2.27. The molecular weight excluding hydrogens is 340 g/mol. The second-order valence-corrected chi connectivity index (χ2v) is 7.64. The molecule has 134 valence electrons. The number of ether oxygens (including phenoxy) is 1. The summed E-state index contributed by atoms with van der Waals surface area (Å²) in [5.41, 5.74) is 1.82. The van der Waals surface area contributed by atoms with Crippen LogP contribution in [-0.2, 0) is 14.8 Å². The third-order valence-electron chi connectivity index (χ3n) is 4.09. The summed E-state index contributed by atoms with van der Waals surface area (Å²) < 4.78 is 32.1. The van der Waals surface area contributed by atoms with Crippen LogP contribution in [0.4, 0.5) is 11.4 Å². The van der Waals surface area contributed by atoms with Crippen LogP contribution >= 0.6 is 0 Å². The second kappa shape index (κ2) is 7.14. The van der Waals surface area contributed by atoms with Crippen molar-refractivity contribution in [1.82, 2.24) is 0 Å². The van der Waals surface area contributed by atoms with Crippen molar-refractivity contribution in [3.05, 3.63) is 48.0 Å². The minimum Gasteiger partial charge on any atom is -0.497 e. The Morgan fingerprint density at radius 3 is 2.04 bits per heavy atom. The lowest BCUT2D eigenvalue weighted by molar-refractivity contribution is -0.116. The molecule has 0 atom stereocenters. The summed E-state index contributed by atoms with van der Waals surface area (Å²) >= 11 is 0. The summed E-state index contributed by atoms with van der Waals surface area (Å²) in [6, 6.07) is 11.6. The molecule has 0 saturated carbocycles. The largest absolute Gasteiger partial charge is 0.497 e. The Morgan fingerprint density at radius 2 is 1.56 bits per heavy atom. The Balaban J connectivity index is 2.35. The fraction of sp³-hybridized carbons (Fsp3) is 0.278. The lowest BCUT2D eigenvalue weighted by Gasteiger charge is -2.22. The monoisotopic (exact) mass is 362 g/mol. The second-order valence-electron chi connectivity index (χ2n) is 5.70. The summed E-state index contributed by atoms with van der Waals surface area (Å²) in [6.07, 6.45) is 0. The van der Waals surface area contributed by atoms with Crippen LogP contribution in [0.15, 0.2) is 47.4 Å². The van der Waals surface area contributed by atoms with Gasteiger partial charge >= 0.3 is 0 Å². The van der Waals surface area contributed by atoms with Crippen LogP contribution in [0.3, 0.4) is 0 Å². The van der Waals surface area contributed by atoms with Crippen molar-refractivity contribution in [2.24, 2.45) is 0 Å². The summed E-state index contributed by atoms with van der Waals surface area (Å²) in [5.74, 6) is 0.512. The van der Waals surface area contributed by atoms with Gasteiger partial charge in [0.2, 0.25) is 5.91 Å². The van der Waals surface area contributed by atoms with Gasteiger partial charge in [-0.1, -0.05) is 0 Å². The number of carbonyl (C=O) groups excluding carboxylic acids is 1. The summed E-state index contributed by atoms with van der Waals surface area (Å²) in [6.45, 7) is 3.20. The van der Waals surface area contributed by atoms with Crippen LogP contribution < -0.4 is 13.9 Å². The van der Waals surface area contributed by atoms with Crippen LogP contribution in [0.1, 0.15) is 12.5 Å². The van der Waals surface area contributed by atoms with Gasteiger partial charge in [0.05, 0.1) is 17.7 Å². The summed E-state index contributed by atoms with van der Waals surface area (Å²) in [5, 5.41) is 0. The number of aryl methyl sites for hydroxylation is 1. The van der Waals surface area contributed by atoms with E-state index in [0.717, 1.165) is 0 Å². The maximum Gasteiger partial charge on any atom is 0.264 e.